The molecule has 1 fully saturated rings. The third-order valence-corrected chi connectivity index (χ3v) is 4.99. The molecule has 7 nitrogen and oxygen atoms in total. The lowest BCUT2D eigenvalue weighted by Crippen LogP contribution is -2.36. The molecule has 0 N–H and O–H groups in total. The highest BCUT2D eigenvalue weighted by molar-refractivity contribution is 5.79. The Labute approximate surface area is 163 Å². The molecule has 0 spiro atoms. The Hall–Kier alpha value is -3.09. The van der Waals surface area contributed by atoms with Gasteiger partial charge in [0.25, 0.3) is 6.01 Å². The predicted octanol–water partition coefficient (Wildman–Crippen LogP) is 2.82. The van der Waals surface area contributed by atoms with Crippen LogP contribution >= 0.6 is 0 Å². The molecule has 4 rings (SSSR count). The summed E-state index contributed by atoms with van der Waals surface area (Å²) in [7, 11) is 1.63. The number of carbonyl (C=O) groups excluding carboxylic acids is 1. The number of anilines is 1. The summed E-state index contributed by atoms with van der Waals surface area (Å²) in [6, 6.07) is 12.1. The van der Waals surface area contributed by atoms with Crippen molar-refractivity contribution in [2.45, 2.75) is 19.8 Å². The normalized spacial score (nSPS) is 14.9. The van der Waals surface area contributed by atoms with Crippen molar-refractivity contribution in [2.24, 2.45) is 0 Å². The van der Waals surface area contributed by atoms with E-state index in [1.54, 1.807) is 7.11 Å². The predicted molar refractivity (Wildman–Crippen MR) is 107 cm³/mol. The molecule has 1 aliphatic heterocycles. The van der Waals surface area contributed by atoms with E-state index in [4.69, 9.17) is 9.15 Å². The average Bonchev–Trinajstić information content (AvgIpc) is 2.95. The third kappa shape index (κ3) is 3.93. The van der Waals surface area contributed by atoms with E-state index in [0.29, 0.717) is 36.8 Å². The largest absolute Gasteiger partial charge is 0.497 e. The fourth-order valence-electron chi connectivity index (χ4n) is 3.46. The van der Waals surface area contributed by atoms with E-state index >= 15 is 0 Å². The van der Waals surface area contributed by atoms with E-state index in [-0.39, 0.29) is 5.91 Å². The van der Waals surface area contributed by atoms with Gasteiger partial charge in [0, 0.05) is 31.9 Å². The molecule has 1 saturated heterocycles. The van der Waals surface area contributed by atoms with Gasteiger partial charge in [0.2, 0.25) is 11.6 Å². The molecule has 146 valence electrons. The molecule has 0 saturated carbocycles. The Bertz CT molecular complexity index is 985. The molecule has 0 unspecified atom stereocenters. The number of rotatable bonds is 4. The van der Waals surface area contributed by atoms with Crippen LogP contribution in [0.1, 0.15) is 17.7 Å². The lowest BCUT2D eigenvalue weighted by Gasteiger charge is -2.21. The minimum atomic E-state index is 0.130. The number of nitrogens with zero attached hydrogens (tertiary/aromatic N) is 4. The molecule has 0 aliphatic carbocycles. The van der Waals surface area contributed by atoms with Gasteiger partial charge in [-0.1, -0.05) is 12.1 Å². The summed E-state index contributed by atoms with van der Waals surface area (Å²) in [5, 5.41) is 0. The van der Waals surface area contributed by atoms with Crippen molar-refractivity contribution in [1.29, 1.82) is 0 Å². The Morgan fingerprint density at radius 3 is 2.89 bits per heavy atom. The summed E-state index contributed by atoms with van der Waals surface area (Å²) in [5.41, 5.74) is 3.20. The van der Waals surface area contributed by atoms with Crippen LogP contribution in [0.15, 0.2) is 40.8 Å². The summed E-state index contributed by atoms with van der Waals surface area (Å²) in [6.45, 7) is 4.81. The number of fused-ring (bicyclic) bond motifs is 1. The highest BCUT2D eigenvalue weighted by Crippen LogP contribution is 2.22. The number of amides is 1. The molecule has 1 aromatic carbocycles. The smallest absolute Gasteiger partial charge is 0.300 e. The molecule has 0 atom stereocenters. The van der Waals surface area contributed by atoms with Gasteiger partial charge in [-0.3, -0.25) is 4.79 Å². The molecular formula is C21H24N4O3. The first-order valence-electron chi connectivity index (χ1n) is 9.52. The van der Waals surface area contributed by atoms with Crippen LogP contribution in [0.4, 0.5) is 6.01 Å². The first-order chi connectivity index (χ1) is 13.6. The van der Waals surface area contributed by atoms with E-state index < -0.39 is 0 Å². The molecule has 2 aromatic heterocycles. The van der Waals surface area contributed by atoms with Gasteiger partial charge in [-0.2, -0.15) is 4.98 Å². The first kappa shape index (κ1) is 18.3. The SMILES string of the molecule is COc1cccc(CC(=O)N2CCCN(c3nc4nc(C)ccc4o3)CC2)c1. The summed E-state index contributed by atoms with van der Waals surface area (Å²) < 4.78 is 11.1. The number of aromatic nitrogens is 2. The molecule has 3 heterocycles. The number of carbonyl (C=O) groups is 1. The van der Waals surface area contributed by atoms with Crippen molar-refractivity contribution in [2.75, 3.05) is 38.2 Å². The van der Waals surface area contributed by atoms with Gasteiger partial charge in [0.05, 0.1) is 13.5 Å². The van der Waals surface area contributed by atoms with Crippen LogP contribution in [0.25, 0.3) is 11.2 Å². The highest BCUT2D eigenvalue weighted by Gasteiger charge is 2.22. The van der Waals surface area contributed by atoms with Crippen molar-refractivity contribution < 1.29 is 13.9 Å². The topological polar surface area (TPSA) is 71.7 Å². The Balaban J connectivity index is 1.41. The third-order valence-electron chi connectivity index (χ3n) is 4.99. The van der Waals surface area contributed by atoms with Crippen LogP contribution in [0, 0.1) is 6.92 Å². The van der Waals surface area contributed by atoms with Crippen molar-refractivity contribution in [1.82, 2.24) is 14.9 Å². The zero-order valence-electron chi connectivity index (χ0n) is 16.2. The quantitative estimate of drug-likeness (QED) is 0.693. The number of oxazole rings is 1. The van der Waals surface area contributed by atoms with E-state index in [0.717, 1.165) is 36.5 Å². The number of benzene rings is 1. The van der Waals surface area contributed by atoms with Gasteiger partial charge < -0.3 is 19.0 Å². The van der Waals surface area contributed by atoms with Gasteiger partial charge in [-0.05, 0) is 43.2 Å². The van der Waals surface area contributed by atoms with Gasteiger partial charge in [-0.15, -0.1) is 0 Å². The number of pyridine rings is 1. The second-order valence-electron chi connectivity index (χ2n) is 7.02. The van der Waals surface area contributed by atoms with Crippen molar-refractivity contribution >= 4 is 23.2 Å². The Morgan fingerprint density at radius 1 is 1.14 bits per heavy atom. The minimum Gasteiger partial charge on any atom is -0.497 e. The first-order valence-corrected chi connectivity index (χ1v) is 9.52. The number of methoxy groups -OCH3 is 1. The van der Waals surface area contributed by atoms with E-state index in [1.807, 2.05) is 48.2 Å². The van der Waals surface area contributed by atoms with Crippen LogP contribution in [-0.2, 0) is 11.2 Å². The number of hydrogen-bond acceptors (Lipinski definition) is 6. The molecule has 1 amide bonds. The summed E-state index contributed by atoms with van der Waals surface area (Å²) >= 11 is 0. The van der Waals surface area contributed by atoms with Crippen LogP contribution in [0.2, 0.25) is 0 Å². The van der Waals surface area contributed by atoms with Crippen LogP contribution < -0.4 is 9.64 Å². The fraction of sp³-hybridized carbons (Fsp3) is 0.381. The maximum Gasteiger partial charge on any atom is 0.300 e. The van der Waals surface area contributed by atoms with Gasteiger partial charge in [0.15, 0.2) is 5.58 Å². The standard InChI is InChI=1S/C21H24N4O3/c1-15-7-8-18-20(22-15)23-21(28-18)25-10-4-9-24(11-12-25)19(26)14-16-5-3-6-17(13-16)27-2/h3,5-8,13H,4,9-12,14H2,1-2H3. The highest BCUT2D eigenvalue weighted by atomic mass is 16.5. The zero-order chi connectivity index (χ0) is 19.5. The maximum atomic E-state index is 12.8. The molecule has 1 aliphatic rings. The van der Waals surface area contributed by atoms with Crippen LogP contribution in [0.5, 0.6) is 5.75 Å². The molecule has 3 aromatic rings. The Morgan fingerprint density at radius 2 is 2.04 bits per heavy atom. The maximum absolute atomic E-state index is 12.8. The minimum absolute atomic E-state index is 0.130. The van der Waals surface area contributed by atoms with E-state index in [9.17, 15) is 4.79 Å². The number of aryl methyl sites for hydroxylation is 1. The monoisotopic (exact) mass is 380 g/mol. The Kier molecular flexibility index (Phi) is 5.14. The zero-order valence-corrected chi connectivity index (χ0v) is 16.2. The van der Waals surface area contributed by atoms with E-state index in [1.165, 1.54) is 0 Å². The number of hydrogen-bond donors (Lipinski definition) is 0. The molecular weight excluding hydrogens is 356 g/mol. The van der Waals surface area contributed by atoms with Gasteiger partial charge >= 0.3 is 0 Å². The fourth-order valence-corrected chi connectivity index (χ4v) is 3.46. The van der Waals surface area contributed by atoms with Crippen molar-refractivity contribution in [3.63, 3.8) is 0 Å². The van der Waals surface area contributed by atoms with Crippen LogP contribution in [0.3, 0.4) is 0 Å². The lowest BCUT2D eigenvalue weighted by molar-refractivity contribution is -0.130. The lowest BCUT2D eigenvalue weighted by atomic mass is 10.1. The second kappa shape index (κ2) is 7.88. The van der Waals surface area contributed by atoms with E-state index in [2.05, 4.69) is 14.9 Å². The summed E-state index contributed by atoms with van der Waals surface area (Å²) in [5.74, 6) is 0.900. The summed E-state index contributed by atoms with van der Waals surface area (Å²) in [4.78, 5) is 25.7. The van der Waals surface area contributed by atoms with Crippen molar-refractivity contribution in [3.8, 4) is 5.75 Å². The number of ether oxygens (including phenoxy) is 1. The second-order valence-corrected chi connectivity index (χ2v) is 7.02. The molecule has 0 radical (unpaired) electrons. The van der Waals surface area contributed by atoms with Crippen molar-refractivity contribution in [3.05, 3.63) is 47.7 Å². The van der Waals surface area contributed by atoms with Gasteiger partial charge in [0.1, 0.15) is 5.75 Å². The molecule has 0 bridgehead atoms. The average molecular weight is 380 g/mol. The molecule has 28 heavy (non-hydrogen) atoms. The van der Waals surface area contributed by atoms with Crippen LogP contribution in [-0.4, -0.2) is 54.1 Å². The molecule has 7 heteroatoms. The summed E-state index contributed by atoms with van der Waals surface area (Å²) in [6.07, 6.45) is 1.25. The van der Waals surface area contributed by atoms with Gasteiger partial charge in [-0.25, -0.2) is 4.98 Å².